The van der Waals surface area contributed by atoms with E-state index >= 15 is 0 Å². The Hall–Kier alpha value is -2.49. The Labute approximate surface area is 189 Å². The van der Waals surface area contributed by atoms with Crippen LogP contribution in [0.25, 0.3) is 0 Å². The van der Waals surface area contributed by atoms with Crippen LogP contribution in [0.2, 0.25) is 0 Å². The van der Waals surface area contributed by atoms with Gasteiger partial charge < -0.3 is 9.64 Å². The second kappa shape index (κ2) is 9.17. The second-order valence-electron chi connectivity index (χ2n) is 8.66. The van der Waals surface area contributed by atoms with Gasteiger partial charge >= 0.3 is 0 Å². The molecule has 0 spiro atoms. The topological polar surface area (TPSA) is 93.0 Å². The number of nitrogens with zero attached hydrogens (tertiary/aromatic N) is 3. The molecule has 2 fully saturated rings. The first-order valence-corrected chi connectivity index (χ1v) is 12.4. The van der Waals surface area contributed by atoms with Gasteiger partial charge in [0.1, 0.15) is 4.90 Å². The minimum atomic E-state index is -3.92. The zero-order valence-electron chi connectivity index (χ0n) is 18.4. The van der Waals surface area contributed by atoms with E-state index in [1.807, 2.05) is 36.9 Å². The highest BCUT2D eigenvalue weighted by Gasteiger charge is 2.36. The predicted molar refractivity (Wildman–Crippen MR) is 122 cm³/mol. The van der Waals surface area contributed by atoms with E-state index in [9.17, 15) is 18.5 Å². The molecule has 0 N–H and O–H groups in total. The van der Waals surface area contributed by atoms with Gasteiger partial charge in [-0.05, 0) is 44.2 Å². The molecule has 0 amide bonds. The van der Waals surface area contributed by atoms with Crippen molar-refractivity contribution in [3.63, 3.8) is 0 Å². The zero-order valence-corrected chi connectivity index (χ0v) is 19.2. The summed E-state index contributed by atoms with van der Waals surface area (Å²) in [6.07, 6.45) is 1.31. The molecule has 0 aromatic heterocycles. The van der Waals surface area contributed by atoms with Crippen LogP contribution in [-0.4, -0.2) is 56.0 Å². The monoisotopic (exact) mass is 459 g/mol. The molecule has 2 aromatic rings. The number of sulfonamides is 1. The maximum Gasteiger partial charge on any atom is 0.270 e. The van der Waals surface area contributed by atoms with Gasteiger partial charge in [0.15, 0.2) is 0 Å². The standard InChI is InChI=1S/C23H29N3O5S/c1-17-15-25(16-18(2)31-17)32(29,30)23-14-21(26(27)28)8-9-22(23)24-12-10-20(11-13-24)19-6-4-3-5-7-19/h3-9,14,17-18,20H,10-13,15-16H2,1-2H3/t17-,18-/m0/s1. The summed E-state index contributed by atoms with van der Waals surface area (Å²) < 4.78 is 34.3. The van der Waals surface area contributed by atoms with Crippen molar-refractivity contribution in [1.82, 2.24) is 4.31 Å². The minimum Gasteiger partial charge on any atom is -0.373 e. The van der Waals surface area contributed by atoms with E-state index in [2.05, 4.69) is 12.1 Å². The van der Waals surface area contributed by atoms with Crippen LogP contribution in [0.4, 0.5) is 11.4 Å². The molecule has 172 valence electrons. The van der Waals surface area contributed by atoms with Gasteiger partial charge in [0.25, 0.3) is 5.69 Å². The number of nitro groups is 1. The highest BCUT2D eigenvalue weighted by molar-refractivity contribution is 7.89. The van der Waals surface area contributed by atoms with E-state index in [4.69, 9.17) is 4.74 Å². The molecule has 9 heteroatoms. The molecule has 0 bridgehead atoms. The van der Waals surface area contributed by atoms with Crippen molar-refractivity contribution in [3.8, 4) is 0 Å². The van der Waals surface area contributed by atoms with Crippen LogP contribution in [0.3, 0.4) is 0 Å². The lowest BCUT2D eigenvalue weighted by Gasteiger charge is -2.37. The summed E-state index contributed by atoms with van der Waals surface area (Å²) in [6.45, 7) is 5.50. The second-order valence-corrected chi connectivity index (χ2v) is 10.6. The molecule has 2 aliphatic heterocycles. The van der Waals surface area contributed by atoms with E-state index < -0.39 is 14.9 Å². The molecule has 4 rings (SSSR count). The van der Waals surface area contributed by atoms with Crippen molar-refractivity contribution in [3.05, 3.63) is 64.2 Å². The van der Waals surface area contributed by atoms with Gasteiger partial charge in [0, 0.05) is 38.3 Å². The first-order valence-electron chi connectivity index (χ1n) is 11.0. The lowest BCUT2D eigenvalue weighted by molar-refractivity contribution is -0.385. The Balaban J connectivity index is 1.64. The Kier molecular flexibility index (Phi) is 6.50. The summed E-state index contributed by atoms with van der Waals surface area (Å²) in [6, 6.07) is 14.5. The van der Waals surface area contributed by atoms with Crippen molar-refractivity contribution < 1.29 is 18.1 Å². The van der Waals surface area contributed by atoms with Gasteiger partial charge in [-0.15, -0.1) is 0 Å². The molecular formula is C23H29N3O5S. The first kappa shape index (κ1) is 22.7. The van der Waals surface area contributed by atoms with Gasteiger partial charge in [0.05, 0.1) is 22.8 Å². The summed E-state index contributed by atoms with van der Waals surface area (Å²) in [5.74, 6) is 0.423. The van der Waals surface area contributed by atoms with Gasteiger partial charge in [-0.2, -0.15) is 4.31 Å². The van der Waals surface area contributed by atoms with Gasteiger partial charge in [-0.25, -0.2) is 8.42 Å². The molecule has 2 atom stereocenters. The fourth-order valence-corrected chi connectivity index (χ4v) is 6.55. The van der Waals surface area contributed by atoms with E-state index in [0.29, 0.717) is 24.7 Å². The maximum absolute atomic E-state index is 13.6. The van der Waals surface area contributed by atoms with Gasteiger partial charge in [0.2, 0.25) is 10.0 Å². The van der Waals surface area contributed by atoms with Crippen molar-refractivity contribution in [1.29, 1.82) is 0 Å². The highest BCUT2D eigenvalue weighted by Crippen LogP contribution is 2.36. The normalized spacial score (nSPS) is 23.2. The largest absolute Gasteiger partial charge is 0.373 e. The number of anilines is 1. The summed E-state index contributed by atoms with van der Waals surface area (Å²) in [7, 11) is -3.92. The molecule has 2 aliphatic rings. The number of benzene rings is 2. The molecule has 8 nitrogen and oxygen atoms in total. The van der Waals surface area contributed by atoms with E-state index in [-0.39, 0.29) is 35.9 Å². The van der Waals surface area contributed by atoms with Crippen molar-refractivity contribution >= 4 is 21.4 Å². The smallest absolute Gasteiger partial charge is 0.270 e. The molecule has 0 unspecified atom stereocenters. The number of ether oxygens (including phenoxy) is 1. The average molecular weight is 460 g/mol. The lowest BCUT2D eigenvalue weighted by Crippen LogP contribution is -2.48. The minimum absolute atomic E-state index is 0.00570. The van der Waals surface area contributed by atoms with Gasteiger partial charge in [-0.3, -0.25) is 10.1 Å². The summed E-state index contributed by atoms with van der Waals surface area (Å²) in [4.78, 5) is 12.9. The molecular weight excluding hydrogens is 430 g/mol. The quantitative estimate of drug-likeness (QED) is 0.499. The number of rotatable bonds is 5. The average Bonchev–Trinajstić information content (AvgIpc) is 2.78. The van der Waals surface area contributed by atoms with Crippen LogP contribution in [0, 0.1) is 10.1 Å². The van der Waals surface area contributed by atoms with E-state index in [0.717, 1.165) is 12.8 Å². The first-order chi connectivity index (χ1) is 15.3. The molecule has 0 saturated carbocycles. The third-order valence-corrected chi connectivity index (χ3v) is 8.13. The van der Waals surface area contributed by atoms with Crippen LogP contribution in [0.5, 0.6) is 0 Å². The number of piperidine rings is 1. The fourth-order valence-electron chi connectivity index (χ4n) is 4.73. The van der Waals surface area contributed by atoms with Crippen molar-refractivity contribution in [2.75, 3.05) is 31.1 Å². The third kappa shape index (κ3) is 4.65. The zero-order chi connectivity index (χ0) is 22.9. The van der Waals surface area contributed by atoms with Crippen LogP contribution >= 0.6 is 0 Å². The summed E-state index contributed by atoms with van der Waals surface area (Å²) in [5, 5.41) is 11.4. The number of morpholine rings is 1. The fraction of sp³-hybridized carbons (Fsp3) is 0.478. The maximum atomic E-state index is 13.6. The van der Waals surface area contributed by atoms with Gasteiger partial charge in [-0.1, -0.05) is 30.3 Å². The Morgan fingerprint density at radius 3 is 2.22 bits per heavy atom. The lowest BCUT2D eigenvalue weighted by atomic mass is 9.89. The van der Waals surface area contributed by atoms with Crippen LogP contribution in [0.15, 0.2) is 53.4 Å². The van der Waals surface area contributed by atoms with Crippen LogP contribution < -0.4 is 4.90 Å². The highest BCUT2D eigenvalue weighted by atomic mass is 32.2. The molecule has 0 aliphatic carbocycles. The molecule has 32 heavy (non-hydrogen) atoms. The summed E-state index contributed by atoms with van der Waals surface area (Å²) in [5.41, 5.74) is 1.61. The molecule has 2 aromatic carbocycles. The van der Waals surface area contributed by atoms with Crippen LogP contribution in [-0.2, 0) is 14.8 Å². The van der Waals surface area contributed by atoms with Crippen molar-refractivity contribution in [2.45, 2.75) is 49.7 Å². The summed E-state index contributed by atoms with van der Waals surface area (Å²) >= 11 is 0. The Morgan fingerprint density at radius 1 is 1.00 bits per heavy atom. The SMILES string of the molecule is C[C@H]1CN(S(=O)(=O)c2cc([N+](=O)[O-])ccc2N2CCC(c3ccccc3)CC2)C[C@H](C)O1. The number of nitro benzene ring substituents is 1. The number of non-ortho nitro benzene ring substituents is 1. The molecule has 0 radical (unpaired) electrons. The van der Waals surface area contributed by atoms with Crippen LogP contribution in [0.1, 0.15) is 38.2 Å². The number of hydrogen-bond acceptors (Lipinski definition) is 6. The Bertz CT molecular complexity index is 1060. The number of hydrogen-bond donors (Lipinski definition) is 0. The molecule has 2 heterocycles. The predicted octanol–water partition coefficient (Wildman–Crippen LogP) is 3.78. The van der Waals surface area contributed by atoms with E-state index in [1.165, 1.54) is 22.0 Å². The Morgan fingerprint density at radius 2 is 1.62 bits per heavy atom. The van der Waals surface area contributed by atoms with Crippen molar-refractivity contribution in [2.24, 2.45) is 0 Å². The molecule has 2 saturated heterocycles. The third-order valence-electron chi connectivity index (χ3n) is 6.26. The van der Waals surface area contributed by atoms with E-state index in [1.54, 1.807) is 6.07 Å².